The van der Waals surface area contributed by atoms with Gasteiger partial charge >= 0.3 is 5.69 Å². The van der Waals surface area contributed by atoms with Crippen LogP contribution in [0.15, 0.2) is 179 Å². The molecule has 8 rings (SSSR count). The van der Waals surface area contributed by atoms with Crippen LogP contribution in [-0.4, -0.2) is 19.9 Å². The van der Waals surface area contributed by atoms with Crippen LogP contribution in [0.2, 0.25) is 0 Å². The van der Waals surface area contributed by atoms with Gasteiger partial charge in [0, 0.05) is 11.1 Å². The molecule has 2 heterocycles. The number of carbonyl (C=O) groups is 1. The fraction of sp³-hybridized carbons (Fsp3) is 0.122. The monoisotopic (exact) mass is 783 g/mol. The maximum absolute atomic E-state index is 14.6. The second kappa shape index (κ2) is 18.3. The molecule has 0 aliphatic rings. The normalized spacial score (nSPS) is 11.1. The van der Waals surface area contributed by atoms with E-state index < -0.39 is 11.2 Å². The molecule has 294 valence electrons. The van der Waals surface area contributed by atoms with Gasteiger partial charge < -0.3 is 23.9 Å². The van der Waals surface area contributed by atoms with Crippen LogP contribution in [0, 0.1) is 0 Å². The molecule has 0 aliphatic heterocycles. The predicted molar refractivity (Wildman–Crippen MR) is 226 cm³/mol. The Morgan fingerprint density at radius 2 is 0.915 bits per heavy atom. The van der Waals surface area contributed by atoms with Gasteiger partial charge in [-0.1, -0.05) is 133 Å². The highest BCUT2D eigenvalue weighted by atomic mass is 16.5. The zero-order valence-corrected chi connectivity index (χ0v) is 32.2. The van der Waals surface area contributed by atoms with Gasteiger partial charge in [-0.05, 0) is 64.2 Å². The number of H-pyrrole nitrogens is 1. The van der Waals surface area contributed by atoms with Crippen molar-refractivity contribution in [2.75, 3.05) is 0 Å². The van der Waals surface area contributed by atoms with E-state index >= 15 is 0 Å². The summed E-state index contributed by atoms with van der Waals surface area (Å²) in [5, 5.41) is 0.139. The van der Waals surface area contributed by atoms with E-state index in [9.17, 15) is 14.4 Å². The first-order valence-electron chi connectivity index (χ1n) is 19.2. The van der Waals surface area contributed by atoms with Gasteiger partial charge in [0.2, 0.25) is 5.78 Å². The Balaban J connectivity index is 1.19. The molecular weight excluding hydrogens is 743 g/mol. The first kappa shape index (κ1) is 38.6. The zero-order valence-electron chi connectivity index (χ0n) is 32.2. The van der Waals surface area contributed by atoms with E-state index in [1.165, 1.54) is 4.57 Å². The second-order valence-corrected chi connectivity index (χ2v) is 13.9. The molecule has 6 aromatic carbocycles. The van der Waals surface area contributed by atoms with Crippen molar-refractivity contribution in [1.29, 1.82) is 0 Å². The molecule has 0 bridgehead atoms. The summed E-state index contributed by atoms with van der Waals surface area (Å²) in [4.78, 5) is 46.7. The molecule has 10 heteroatoms. The predicted octanol–water partition coefficient (Wildman–Crippen LogP) is 8.90. The van der Waals surface area contributed by atoms with E-state index in [1.807, 2.05) is 121 Å². The summed E-state index contributed by atoms with van der Waals surface area (Å²) in [6, 6.07) is 52.7. The van der Waals surface area contributed by atoms with Crippen molar-refractivity contribution in [3.63, 3.8) is 0 Å². The van der Waals surface area contributed by atoms with Crippen LogP contribution in [0.5, 0.6) is 11.5 Å². The SMILES string of the molecule is O=C(c1ccc(OCc2ccccc2)cc1)c1[nH]c2c(c1-c1ccc(OCc3ccccc3)cc1)c(=O)n(COCc1ccccc1)c(=O)n2COCc1ccccc1. The van der Waals surface area contributed by atoms with Crippen molar-refractivity contribution in [3.8, 4) is 22.6 Å². The minimum Gasteiger partial charge on any atom is -0.489 e. The first-order chi connectivity index (χ1) is 29.0. The number of ketones is 1. The molecule has 0 unspecified atom stereocenters. The minimum absolute atomic E-state index is 0.132. The van der Waals surface area contributed by atoms with E-state index in [-0.39, 0.29) is 49.2 Å². The first-order valence-corrected chi connectivity index (χ1v) is 19.2. The topological polar surface area (TPSA) is 114 Å². The quantitative estimate of drug-likeness (QED) is 0.0918. The number of hydrogen-bond donors (Lipinski definition) is 1. The number of hydrogen-bond acceptors (Lipinski definition) is 7. The highest BCUT2D eigenvalue weighted by Gasteiger charge is 2.27. The number of benzene rings is 6. The van der Waals surface area contributed by atoms with Crippen LogP contribution in [0.25, 0.3) is 22.2 Å². The van der Waals surface area contributed by atoms with Gasteiger partial charge in [-0.2, -0.15) is 0 Å². The maximum atomic E-state index is 14.6. The Bertz CT molecular complexity index is 2750. The van der Waals surface area contributed by atoms with Crippen LogP contribution in [0.1, 0.15) is 38.3 Å². The largest absolute Gasteiger partial charge is 0.489 e. The minimum atomic E-state index is -0.653. The van der Waals surface area contributed by atoms with Gasteiger partial charge in [-0.25, -0.2) is 9.36 Å². The lowest BCUT2D eigenvalue weighted by Crippen LogP contribution is -2.41. The molecule has 0 aliphatic carbocycles. The fourth-order valence-corrected chi connectivity index (χ4v) is 6.76. The smallest absolute Gasteiger partial charge is 0.336 e. The number of nitrogens with one attached hydrogen (secondary N) is 1. The average molecular weight is 784 g/mol. The third kappa shape index (κ3) is 9.15. The Morgan fingerprint density at radius 3 is 1.39 bits per heavy atom. The van der Waals surface area contributed by atoms with Crippen molar-refractivity contribution in [1.82, 2.24) is 14.1 Å². The van der Waals surface area contributed by atoms with Crippen molar-refractivity contribution >= 4 is 16.8 Å². The van der Waals surface area contributed by atoms with Gasteiger partial charge in [0.15, 0.2) is 0 Å². The molecule has 0 saturated carbocycles. The number of aromatic nitrogens is 3. The van der Waals surface area contributed by atoms with Crippen molar-refractivity contribution < 1.29 is 23.7 Å². The van der Waals surface area contributed by atoms with E-state index in [4.69, 9.17) is 18.9 Å². The molecule has 59 heavy (non-hydrogen) atoms. The maximum Gasteiger partial charge on any atom is 0.336 e. The van der Waals surface area contributed by atoms with Gasteiger partial charge in [0.1, 0.15) is 43.8 Å². The van der Waals surface area contributed by atoms with Crippen LogP contribution >= 0.6 is 0 Å². The molecular formula is C49H41N3O7. The van der Waals surface area contributed by atoms with Crippen LogP contribution in [0.3, 0.4) is 0 Å². The summed E-state index contributed by atoms with van der Waals surface area (Å²) in [7, 11) is 0. The Morgan fingerprint density at radius 1 is 0.492 bits per heavy atom. The van der Waals surface area contributed by atoms with E-state index in [2.05, 4.69) is 4.98 Å². The van der Waals surface area contributed by atoms with Crippen molar-refractivity contribution in [3.05, 3.63) is 224 Å². The number of aromatic amines is 1. The summed E-state index contributed by atoms with van der Waals surface area (Å²) in [6.07, 6.45) is 0. The second-order valence-electron chi connectivity index (χ2n) is 13.9. The van der Waals surface area contributed by atoms with E-state index in [1.54, 1.807) is 48.5 Å². The fourth-order valence-electron chi connectivity index (χ4n) is 6.76. The Kier molecular flexibility index (Phi) is 12.0. The van der Waals surface area contributed by atoms with Gasteiger partial charge in [-0.15, -0.1) is 0 Å². The number of ether oxygens (including phenoxy) is 4. The number of fused-ring (bicyclic) bond motifs is 1. The molecule has 2 aromatic heterocycles. The summed E-state index contributed by atoms with van der Waals surface area (Å²) in [5.74, 6) is 0.816. The Hall–Kier alpha value is -7.27. The van der Waals surface area contributed by atoms with Gasteiger partial charge in [0.05, 0.1) is 24.3 Å². The van der Waals surface area contributed by atoms with Crippen molar-refractivity contribution in [2.45, 2.75) is 39.9 Å². The van der Waals surface area contributed by atoms with E-state index in [0.717, 1.165) is 26.8 Å². The summed E-state index contributed by atoms with van der Waals surface area (Å²) >= 11 is 0. The molecule has 0 atom stereocenters. The molecule has 10 nitrogen and oxygen atoms in total. The number of rotatable bonds is 17. The van der Waals surface area contributed by atoms with Crippen LogP contribution in [0.4, 0.5) is 0 Å². The molecule has 0 radical (unpaired) electrons. The lowest BCUT2D eigenvalue weighted by Gasteiger charge is -2.14. The molecule has 0 fully saturated rings. The number of nitrogens with zero attached hydrogens (tertiary/aromatic N) is 2. The van der Waals surface area contributed by atoms with Crippen molar-refractivity contribution in [2.24, 2.45) is 0 Å². The number of carbonyl (C=O) groups excluding carboxylic acids is 1. The lowest BCUT2D eigenvalue weighted by atomic mass is 9.98. The third-order valence-corrected chi connectivity index (χ3v) is 9.82. The van der Waals surface area contributed by atoms with Crippen LogP contribution < -0.4 is 20.7 Å². The highest BCUT2D eigenvalue weighted by Crippen LogP contribution is 2.33. The zero-order chi connectivity index (χ0) is 40.4. The average Bonchev–Trinajstić information content (AvgIpc) is 3.69. The third-order valence-electron chi connectivity index (χ3n) is 9.82. The molecule has 0 saturated heterocycles. The molecule has 1 N–H and O–H groups in total. The van der Waals surface area contributed by atoms with Gasteiger partial charge in [0.25, 0.3) is 5.56 Å². The lowest BCUT2D eigenvalue weighted by molar-refractivity contribution is 0.0463. The van der Waals surface area contributed by atoms with E-state index in [0.29, 0.717) is 41.4 Å². The molecule has 8 aromatic rings. The summed E-state index contributed by atoms with van der Waals surface area (Å²) in [6.45, 7) is 0.583. The summed E-state index contributed by atoms with van der Waals surface area (Å²) in [5.41, 5.74) is 4.10. The highest BCUT2D eigenvalue weighted by molar-refractivity contribution is 6.16. The molecule has 0 spiro atoms. The van der Waals surface area contributed by atoms with Crippen LogP contribution in [-0.2, 0) is 49.4 Å². The standard InChI is InChI=1S/C49H41N3O7/c53-46(40-23-27-42(28-24-40)59-32-38-19-11-4-12-20-38)45-43(39-21-25-41(26-22-39)58-31-37-17-9-3-10-18-37)44-47(50-45)51(33-56-29-35-13-5-1-6-14-35)49(55)52(48(44)54)34-57-30-36-15-7-2-8-16-36/h1-28,50H,29-34H2. The summed E-state index contributed by atoms with van der Waals surface area (Å²) < 4.78 is 26.5. The molecule has 0 amide bonds. The Labute approximate surface area is 340 Å². The van der Waals surface area contributed by atoms with Gasteiger partial charge in [-0.3, -0.25) is 14.2 Å².